The Balaban J connectivity index is 2.26. The monoisotopic (exact) mass is 234 g/mol. The Hall–Kier alpha value is -2.44. The minimum Gasteiger partial charge on any atom is -0.380 e. The van der Waals surface area contributed by atoms with E-state index < -0.39 is 5.82 Å². The van der Waals surface area contributed by atoms with Crippen LogP contribution in [0.5, 0.6) is 0 Å². The number of rotatable bonds is 2. The highest BCUT2D eigenvalue weighted by Gasteiger charge is 2.18. The molecule has 1 aromatic rings. The molecule has 7 heteroatoms. The van der Waals surface area contributed by atoms with Gasteiger partial charge in [-0.05, 0) is 18.6 Å². The maximum absolute atomic E-state index is 13.5. The molecule has 0 radical (unpaired) electrons. The lowest BCUT2D eigenvalue weighted by molar-refractivity contribution is 0.629. The van der Waals surface area contributed by atoms with Crippen molar-refractivity contribution in [3.63, 3.8) is 0 Å². The Bertz CT molecular complexity index is 513. The van der Waals surface area contributed by atoms with E-state index in [9.17, 15) is 4.39 Å². The minimum absolute atomic E-state index is 0.0241. The van der Waals surface area contributed by atoms with Gasteiger partial charge < -0.3 is 5.73 Å². The summed E-state index contributed by atoms with van der Waals surface area (Å²) in [6, 6.07) is 4.68. The lowest BCUT2D eigenvalue weighted by atomic mass is 10.2. The summed E-state index contributed by atoms with van der Waals surface area (Å²) < 4.78 is 13.5. The first-order valence-electron chi connectivity index (χ1n) is 4.87. The van der Waals surface area contributed by atoms with E-state index in [0.29, 0.717) is 5.56 Å². The Morgan fingerprint density at radius 2 is 2.29 bits per heavy atom. The highest BCUT2D eigenvalue weighted by atomic mass is 19.1. The summed E-state index contributed by atoms with van der Waals surface area (Å²) in [7, 11) is 0. The van der Waals surface area contributed by atoms with Gasteiger partial charge in [-0.2, -0.15) is 10.2 Å². The first-order chi connectivity index (χ1) is 8.09. The fourth-order valence-electron chi connectivity index (χ4n) is 1.35. The highest BCUT2D eigenvalue weighted by molar-refractivity contribution is 6.68. The van der Waals surface area contributed by atoms with E-state index in [-0.39, 0.29) is 23.1 Å². The fraction of sp³-hybridized carbons (Fsp3) is 0.100. The number of benzene rings is 1. The molecule has 1 aromatic carbocycles. The van der Waals surface area contributed by atoms with Crippen LogP contribution in [0.15, 0.2) is 28.4 Å². The molecule has 0 amide bonds. The summed E-state index contributed by atoms with van der Waals surface area (Å²) in [5.41, 5.74) is 11.5. The van der Waals surface area contributed by atoms with Crippen LogP contribution < -0.4 is 16.6 Å². The molecule has 0 fully saturated rings. The second-order valence-corrected chi connectivity index (χ2v) is 3.49. The molecule has 0 aromatic heterocycles. The van der Waals surface area contributed by atoms with Crippen LogP contribution in [0, 0.1) is 18.2 Å². The molecule has 1 aliphatic rings. The van der Waals surface area contributed by atoms with E-state index in [2.05, 4.69) is 21.1 Å². The molecule has 6 nitrogen and oxygen atoms in total. The molecule has 2 rings (SSSR count). The van der Waals surface area contributed by atoms with Crippen molar-refractivity contribution in [1.29, 1.82) is 5.41 Å². The highest BCUT2D eigenvalue weighted by Crippen LogP contribution is 2.18. The van der Waals surface area contributed by atoms with Gasteiger partial charge in [0.15, 0.2) is 17.4 Å². The summed E-state index contributed by atoms with van der Waals surface area (Å²) in [6.07, 6.45) is 0. The molecule has 88 valence electrons. The van der Waals surface area contributed by atoms with Crippen molar-refractivity contribution < 1.29 is 4.39 Å². The van der Waals surface area contributed by atoms with Gasteiger partial charge in [-0.15, -0.1) is 0 Å². The first kappa shape index (κ1) is 11.1. The summed E-state index contributed by atoms with van der Waals surface area (Å²) >= 11 is 0. The molecule has 0 saturated heterocycles. The molecule has 5 N–H and O–H groups in total. The van der Waals surface area contributed by atoms with E-state index in [4.69, 9.17) is 11.1 Å². The van der Waals surface area contributed by atoms with Gasteiger partial charge in [-0.1, -0.05) is 12.1 Å². The molecule has 0 atom stereocenters. The SMILES string of the molecule is Cc1cccc(F)c1N/N=C1\C(=N)NN=C1N. The lowest BCUT2D eigenvalue weighted by Crippen LogP contribution is -2.28. The van der Waals surface area contributed by atoms with E-state index in [1.54, 1.807) is 19.1 Å². The number of nitrogens with zero attached hydrogens (tertiary/aromatic N) is 2. The van der Waals surface area contributed by atoms with E-state index in [0.717, 1.165) is 0 Å². The van der Waals surface area contributed by atoms with Gasteiger partial charge in [-0.3, -0.25) is 16.3 Å². The number of hydrazone groups is 2. The van der Waals surface area contributed by atoms with E-state index in [1.165, 1.54) is 6.07 Å². The second kappa shape index (κ2) is 4.20. The third kappa shape index (κ3) is 2.07. The Labute approximate surface area is 96.9 Å². The molecule has 0 aliphatic carbocycles. The normalized spacial score (nSPS) is 16.9. The average molecular weight is 234 g/mol. The molecular formula is C10H11FN6. The van der Waals surface area contributed by atoms with Crippen molar-refractivity contribution in [2.45, 2.75) is 6.92 Å². The zero-order chi connectivity index (χ0) is 12.4. The predicted octanol–water partition coefficient (Wildman–Crippen LogP) is 0.755. The summed E-state index contributed by atoms with van der Waals surface area (Å²) in [5, 5.41) is 14.9. The molecule has 0 spiro atoms. The summed E-state index contributed by atoms with van der Waals surface area (Å²) in [6.45, 7) is 1.75. The molecule has 1 heterocycles. The zero-order valence-corrected chi connectivity index (χ0v) is 9.08. The third-order valence-electron chi connectivity index (χ3n) is 2.27. The van der Waals surface area contributed by atoms with E-state index in [1.807, 2.05) is 0 Å². The third-order valence-corrected chi connectivity index (χ3v) is 2.27. The van der Waals surface area contributed by atoms with Crippen molar-refractivity contribution in [3.8, 4) is 0 Å². The Kier molecular flexibility index (Phi) is 2.73. The number of aryl methyl sites for hydroxylation is 1. The lowest BCUT2D eigenvalue weighted by Gasteiger charge is -2.06. The second-order valence-electron chi connectivity index (χ2n) is 3.49. The fourth-order valence-corrected chi connectivity index (χ4v) is 1.35. The number of nitrogens with two attached hydrogens (primary N) is 1. The zero-order valence-electron chi connectivity index (χ0n) is 9.08. The Morgan fingerprint density at radius 1 is 1.53 bits per heavy atom. The van der Waals surface area contributed by atoms with Gasteiger partial charge >= 0.3 is 0 Å². The number of hydrogen-bond donors (Lipinski definition) is 4. The molecule has 0 unspecified atom stereocenters. The topological polar surface area (TPSA) is 98.6 Å². The van der Waals surface area contributed by atoms with Crippen molar-refractivity contribution in [2.24, 2.45) is 15.9 Å². The number of para-hydroxylation sites is 1. The maximum atomic E-state index is 13.5. The van der Waals surface area contributed by atoms with Crippen molar-refractivity contribution >= 4 is 23.1 Å². The molecule has 17 heavy (non-hydrogen) atoms. The number of nitrogens with one attached hydrogen (secondary N) is 3. The van der Waals surface area contributed by atoms with Crippen LogP contribution in [0.3, 0.4) is 0 Å². The average Bonchev–Trinajstić information content (AvgIpc) is 2.59. The van der Waals surface area contributed by atoms with Crippen molar-refractivity contribution in [1.82, 2.24) is 5.43 Å². The van der Waals surface area contributed by atoms with Crippen LogP contribution in [0.1, 0.15) is 5.56 Å². The number of anilines is 1. The van der Waals surface area contributed by atoms with Gasteiger partial charge in [0, 0.05) is 0 Å². The van der Waals surface area contributed by atoms with Crippen molar-refractivity contribution in [2.75, 3.05) is 5.43 Å². The van der Waals surface area contributed by atoms with Gasteiger partial charge in [0.2, 0.25) is 0 Å². The van der Waals surface area contributed by atoms with Crippen molar-refractivity contribution in [3.05, 3.63) is 29.6 Å². The van der Waals surface area contributed by atoms with Gasteiger partial charge in [-0.25, -0.2) is 4.39 Å². The maximum Gasteiger partial charge on any atom is 0.175 e. The van der Waals surface area contributed by atoms with Gasteiger partial charge in [0.05, 0.1) is 5.69 Å². The van der Waals surface area contributed by atoms with E-state index >= 15 is 0 Å². The van der Waals surface area contributed by atoms with Crippen LogP contribution in [0.4, 0.5) is 10.1 Å². The van der Waals surface area contributed by atoms with Crippen LogP contribution in [0.2, 0.25) is 0 Å². The van der Waals surface area contributed by atoms with Crippen LogP contribution in [-0.4, -0.2) is 17.4 Å². The standard InChI is InChI=1S/C10H11FN6/c1-5-3-2-4-6(11)7(5)14-15-8-9(12)16-17-10(8)13/h2-4,14H,1H3,(H4,12,13,15,16,17). The molecular weight excluding hydrogens is 223 g/mol. The summed E-state index contributed by atoms with van der Waals surface area (Å²) in [5.74, 6) is -0.345. The smallest absolute Gasteiger partial charge is 0.175 e. The predicted molar refractivity (Wildman–Crippen MR) is 64.7 cm³/mol. The molecule has 0 bridgehead atoms. The number of hydrogen-bond acceptors (Lipinski definition) is 5. The quantitative estimate of drug-likeness (QED) is 0.568. The van der Waals surface area contributed by atoms with Gasteiger partial charge in [0.1, 0.15) is 5.82 Å². The first-order valence-corrected chi connectivity index (χ1v) is 4.87. The Morgan fingerprint density at radius 3 is 2.88 bits per heavy atom. The minimum atomic E-state index is -0.414. The van der Waals surface area contributed by atoms with Crippen LogP contribution in [-0.2, 0) is 0 Å². The van der Waals surface area contributed by atoms with Crippen LogP contribution >= 0.6 is 0 Å². The van der Waals surface area contributed by atoms with Gasteiger partial charge in [0.25, 0.3) is 0 Å². The number of halogens is 1. The number of amidine groups is 2. The molecule has 0 saturated carbocycles. The summed E-state index contributed by atoms with van der Waals surface area (Å²) in [4.78, 5) is 0. The van der Waals surface area contributed by atoms with Crippen LogP contribution in [0.25, 0.3) is 0 Å². The molecule has 1 aliphatic heterocycles. The largest absolute Gasteiger partial charge is 0.380 e.